The lowest BCUT2D eigenvalue weighted by Gasteiger charge is -2.29. The minimum atomic E-state index is 0.162. The van der Waals surface area contributed by atoms with Gasteiger partial charge < -0.3 is 15.4 Å². The van der Waals surface area contributed by atoms with Gasteiger partial charge in [0.1, 0.15) is 5.75 Å². The number of hydrogen-bond donors (Lipinski definition) is 1. The van der Waals surface area contributed by atoms with Gasteiger partial charge in [0.05, 0.1) is 12.8 Å². The number of Topliss-reactive ketones (excluding diaryl/α,β-unsaturated/α-hetero) is 1. The fraction of sp³-hybridized carbons (Fsp3) is 0.588. The Morgan fingerprint density at radius 1 is 1.38 bits per heavy atom. The second kappa shape index (κ2) is 7.46. The molecular formula is C17H26N2O2. The van der Waals surface area contributed by atoms with Gasteiger partial charge in [0.15, 0.2) is 5.78 Å². The van der Waals surface area contributed by atoms with E-state index in [2.05, 4.69) is 11.8 Å². The Hall–Kier alpha value is -1.55. The van der Waals surface area contributed by atoms with Crippen molar-refractivity contribution < 1.29 is 9.53 Å². The molecule has 0 spiro atoms. The van der Waals surface area contributed by atoms with E-state index in [1.807, 2.05) is 0 Å². The van der Waals surface area contributed by atoms with Crippen molar-refractivity contribution in [3.8, 4) is 5.75 Å². The third-order valence-corrected chi connectivity index (χ3v) is 4.31. The summed E-state index contributed by atoms with van der Waals surface area (Å²) in [6.07, 6.45) is 4.06. The van der Waals surface area contributed by atoms with Crippen LogP contribution in [0.25, 0.3) is 0 Å². The predicted octanol–water partition coefficient (Wildman–Crippen LogP) is 2.97. The van der Waals surface area contributed by atoms with Crippen molar-refractivity contribution in [2.24, 2.45) is 5.92 Å². The van der Waals surface area contributed by atoms with Crippen molar-refractivity contribution in [2.75, 3.05) is 32.5 Å². The number of nitrogen functional groups attached to an aromatic ring is 1. The molecule has 0 aromatic heterocycles. The van der Waals surface area contributed by atoms with Crippen molar-refractivity contribution >= 4 is 11.5 Å². The van der Waals surface area contributed by atoms with Crippen LogP contribution in [0.4, 0.5) is 5.69 Å². The summed E-state index contributed by atoms with van der Waals surface area (Å²) in [5.74, 6) is 1.63. The largest absolute Gasteiger partial charge is 0.495 e. The molecule has 4 heteroatoms. The first-order valence-corrected chi connectivity index (χ1v) is 7.79. The Morgan fingerprint density at radius 3 is 2.71 bits per heavy atom. The van der Waals surface area contributed by atoms with E-state index in [9.17, 15) is 4.79 Å². The van der Waals surface area contributed by atoms with E-state index in [0.717, 1.165) is 18.9 Å². The molecule has 0 saturated carbocycles. The number of hydrogen-bond acceptors (Lipinski definition) is 4. The van der Waals surface area contributed by atoms with Crippen LogP contribution in [0.2, 0.25) is 0 Å². The molecule has 0 amide bonds. The highest BCUT2D eigenvalue weighted by Crippen LogP contribution is 2.23. The van der Waals surface area contributed by atoms with Crippen LogP contribution in [0.5, 0.6) is 5.75 Å². The van der Waals surface area contributed by atoms with Gasteiger partial charge in [-0.15, -0.1) is 0 Å². The number of nitrogens with zero attached hydrogens (tertiary/aromatic N) is 1. The number of anilines is 1. The summed E-state index contributed by atoms with van der Waals surface area (Å²) in [5, 5.41) is 0. The molecule has 1 aromatic carbocycles. The fourth-order valence-corrected chi connectivity index (χ4v) is 2.80. The van der Waals surface area contributed by atoms with Crippen molar-refractivity contribution in [2.45, 2.75) is 32.6 Å². The first-order chi connectivity index (χ1) is 10.1. The molecule has 0 bridgehead atoms. The summed E-state index contributed by atoms with van der Waals surface area (Å²) in [6.45, 7) is 5.68. The minimum absolute atomic E-state index is 0.162. The van der Waals surface area contributed by atoms with E-state index in [1.165, 1.54) is 25.9 Å². The van der Waals surface area contributed by atoms with Crippen molar-refractivity contribution in [3.05, 3.63) is 23.8 Å². The Labute approximate surface area is 127 Å². The number of methoxy groups -OCH3 is 1. The first-order valence-electron chi connectivity index (χ1n) is 7.79. The van der Waals surface area contributed by atoms with Gasteiger partial charge in [-0.1, -0.05) is 6.92 Å². The molecule has 4 nitrogen and oxygen atoms in total. The zero-order valence-electron chi connectivity index (χ0n) is 13.1. The van der Waals surface area contributed by atoms with Gasteiger partial charge in [-0.3, -0.25) is 4.79 Å². The molecule has 1 heterocycles. The van der Waals surface area contributed by atoms with Crippen molar-refractivity contribution in [1.82, 2.24) is 4.90 Å². The van der Waals surface area contributed by atoms with Crippen LogP contribution >= 0.6 is 0 Å². The van der Waals surface area contributed by atoms with Crippen LogP contribution in [-0.2, 0) is 0 Å². The van der Waals surface area contributed by atoms with E-state index in [1.54, 1.807) is 25.3 Å². The van der Waals surface area contributed by atoms with Gasteiger partial charge in [0.2, 0.25) is 0 Å². The maximum atomic E-state index is 12.2. The average molecular weight is 290 g/mol. The Balaban J connectivity index is 1.78. The number of ether oxygens (including phenoxy) is 1. The standard InChI is InChI=1S/C17H26N2O2/c1-13-7-10-19(11-8-13)9-3-4-16(20)14-5-6-17(21-2)15(18)12-14/h5-6,12-13H,3-4,7-11,18H2,1-2H3. The lowest BCUT2D eigenvalue weighted by molar-refractivity contribution is 0.0971. The van der Waals surface area contributed by atoms with Gasteiger partial charge in [0, 0.05) is 12.0 Å². The van der Waals surface area contributed by atoms with E-state index in [-0.39, 0.29) is 5.78 Å². The molecular weight excluding hydrogens is 264 g/mol. The molecule has 21 heavy (non-hydrogen) atoms. The summed E-state index contributed by atoms with van der Waals surface area (Å²) < 4.78 is 5.11. The molecule has 0 aliphatic carbocycles. The van der Waals surface area contributed by atoms with Gasteiger partial charge >= 0.3 is 0 Å². The number of ketones is 1. The van der Waals surface area contributed by atoms with E-state index in [0.29, 0.717) is 23.4 Å². The molecule has 116 valence electrons. The summed E-state index contributed by atoms with van der Waals surface area (Å²) in [4.78, 5) is 14.6. The maximum absolute atomic E-state index is 12.2. The first kappa shape index (κ1) is 15.8. The summed E-state index contributed by atoms with van der Waals surface area (Å²) in [5.41, 5.74) is 7.05. The molecule has 0 radical (unpaired) electrons. The smallest absolute Gasteiger partial charge is 0.163 e. The molecule has 0 unspecified atom stereocenters. The summed E-state index contributed by atoms with van der Waals surface area (Å²) in [6, 6.07) is 5.26. The van der Waals surface area contributed by atoms with Crippen LogP contribution in [-0.4, -0.2) is 37.4 Å². The SMILES string of the molecule is COc1ccc(C(=O)CCCN2CCC(C)CC2)cc1N. The van der Waals surface area contributed by atoms with E-state index >= 15 is 0 Å². The molecule has 1 fully saturated rings. The Bertz CT molecular complexity index is 480. The topological polar surface area (TPSA) is 55.6 Å². The van der Waals surface area contributed by atoms with Crippen LogP contribution in [0, 0.1) is 5.92 Å². The Kier molecular flexibility index (Phi) is 5.62. The maximum Gasteiger partial charge on any atom is 0.163 e. The third-order valence-electron chi connectivity index (χ3n) is 4.31. The molecule has 2 rings (SSSR count). The lowest BCUT2D eigenvalue weighted by atomic mass is 9.99. The molecule has 1 saturated heterocycles. The molecule has 1 aliphatic heterocycles. The zero-order valence-corrected chi connectivity index (χ0v) is 13.1. The normalized spacial score (nSPS) is 16.9. The number of rotatable bonds is 6. The molecule has 1 aromatic rings. The number of nitrogens with two attached hydrogens (primary N) is 1. The lowest BCUT2D eigenvalue weighted by Crippen LogP contribution is -2.33. The fourth-order valence-electron chi connectivity index (χ4n) is 2.80. The molecule has 1 aliphatic rings. The minimum Gasteiger partial charge on any atom is -0.495 e. The number of carbonyl (C=O) groups is 1. The number of carbonyl (C=O) groups excluding carboxylic acids is 1. The van der Waals surface area contributed by atoms with E-state index < -0.39 is 0 Å². The third kappa shape index (κ3) is 4.46. The van der Waals surface area contributed by atoms with Crippen LogP contribution in [0.1, 0.15) is 43.0 Å². The quantitative estimate of drug-likeness (QED) is 0.646. The van der Waals surface area contributed by atoms with Crippen molar-refractivity contribution in [1.29, 1.82) is 0 Å². The highest BCUT2D eigenvalue weighted by Gasteiger charge is 2.16. The highest BCUT2D eigenvalue weighted by molar-refractivity contribution is 5.97. The number of benzene rings is 1. The second-order valence-electron chi connectivity index (χ2n) is 6.01. The predicted molar refractivity (Wildman–Crippen MR) is 85.8 cm³/mol. The molecule has 0 atom stereocenters. The molecule has 2 N–H and O–H groups in total. The van der Waals surface area contributed by atoms with Crippen LogP contribution < -0.4 is 10.5 Å². The monoisotopic (exact) mass is 290 g/mol. The highest BCUT2D eigenvalue weighted by atomic mass is 16.5. The second-order valence-corrected chi connectivity index (χ2v) is 6.01. The van der Waals surface area contributed by atoms with Gasteiger partial charge in [-0.25, -0.2) is 0 Å². The average Bonchev–Trinajstić information content (AvgIpc) is 2.49. The van der Waals surface area contributed by atoms with Gasteiger partial charge in [-0.05, 0) is 63.0 Å². The number of piperidine rings is 1. The van der Waals surface area contributed by atoms with Gasteiger partial charge in [-0.2, -0.15) is 0 Å². The number of likely N-dealkylation sites (tertiary alicyclic amines) is 1. The van der Waals surface area contributed by atoms with Crippen LogP contribution in [0.15, 0.2) is 18.2 Å². The van der Waals surface area contributed by atoms with Crippen molar-refractivity contribution in [3.63, 3.8) is 0 Å². The summed E-state index contributed by atoms with van der Waals surface area (Å²) in [7, 11) is 1.58. The van der Waals surface area contributed by atoms with Crippen LogP contribution in [0.3, 0.4) is 0 Å². The summed E-state index contributed by atoms with van der Waals surface area (Å²) >= 11 is 0. The van der Waals surface area contributed by atoms with E-state index in [4.69, 9.17) is 10.5 Å². The van der Waals surface area contributed by atoms with Gasteiger partial charge in [0.25, 0.3) is 0 Å². The Morgan fingerprint density at radius 2 is 2.10 bits per heavy atom. The zero-order chi connectivity index (χ0) is 15.2.